The van der Waals surface area contributed by atoms with Crippen molar-refractivity contribution in [2.45, 2.75) is 12.5 Å². The topological polar surface area (TPSA) is 45.2 Å². The first-order valence-electron chi connectivity index (χ1n) is 7.57. The molecule has 0 spiro atoms. The largest absolute Gasteiger partial charge is 0.354 e. The van der Waals surface area contributed by atoms with Crippen LogP contribution >= 0.6 is 34.0 Å². The van der Waals surface area contributed by atoms with Crippen molar-refractivity contribution in [3.63, 3.8) is 0 Å². The summed E-state index contributed by atoms with van der Waals surface area (Å²) < 4.78 is 0. The van der Waals surface area contributed by atoms with Crippen molar-refractivity contribution in [3.05, 3.63) is 51.0 Å². The molecule has 1 amide bonds. The van der Waals surface area contributed by atoms with Gasteiger partial charge in [-0.25, -0.2) is 4.98 Å². The summed E-state index contributed by atoms with van der Waals surface area (Å²) in [5.74, 6) is 0.0140. The van der Waals surface area contributed by atoms with Gasteiger partial charge in [0.15, 0.2) is 0 Å². The SMILES string of the molecule is CN(C)[C@H](CNC(=O)Cc1csc(-c2cccs2)n1)c1ccsc1. The fourth-order valence-electron chi connectivity index (χ4n) is 2.40. The third-order valence-corrected chi connectivity index (χ3v) is 6.30. The van der Waals surface area contributed by atoms with E-state index in [1.54, 1.807) is 34.0 Å². The maximum Gasteiger partial charge on any atom is 0.226 e. The highest BCUT2D eigenvalue weighted by Gasteiger charge is 2.16. The molecule has 3 aromatic heterocycles. The number of thiophene rings is 2. The fourth-order valence-corrected chi connectivity index (χ4v) is 4.74. The van der Waals surface area contributed by atoms with Gasteiger partial charge >= 0.3 is 0 Å². The van der Waals surface area contributed by atoms with Gasteiger partial charge in [0.05, 0.1) is 23.0 Å². The minimum Gasteiger partial charge on any atom is -0.354 e. The van der Waals surface area contributed by atoms with Gasteiger partial charge in [-0.05, 0) is 47.9 Å². The molecule has 0 saturated heterocycles. The number of thiazole rings is 1. The molecule has 0 unspecified atom stereocenters. The van der Waals surface area contributed by atoms with Crippen LogP contribution in [0.4, 0.5) is 0 Å². The highest BCUT2D eigenvalue weighted by atomic mass is 32.1. The van der Waals surface area contributed by atoms with Gasteiger partial charge in [-0.1, -0.05) is 6.07 Å². The van der Waals surface area contributed by atoms with E-state index in [-0.39, 0.29) is 11.9 Å². The van der Waals surface area contributed by atoms with Crippen molar-refractivity contribution in [1.82, 2.24) is 15.2 Å². The van der Waals surface area contributed by atoms with Crippen LogP contribution < -0.4 is 5.32 Å². The molecule has 0 saturated carbocycles. The van der Waals surface area contributed by atoms with Gasteiger partial charge in [-0.2, -0.15) is 11.3 Å². The summed E-state index contributed by atoms with van der Waals surface area (Å²) in [6.45, 7) is 0.602. The molecule has 0 fully saturated rings. The second kappa shape index (κ2) is 8.02. The van der Waals surface area contributed by atoms with E-state index in [9.17, 15) is 4.79 Å². The number of carbonyl (C=O) groups is 1. The lowest BCUT2D eigenvalue weighted by atomic mass is 10.1. The normalized spacial score (nSPS) is 12.5. The van der Waals surface area contributed by atoms with Crippen LogP contribution in [0.3, 0.4) is 0 Å². The Hall–Kier alpha value is -1.54. The van der Waals surface area contributed by atoms with Crippen molar-refractivity contribution in [2.24, 2.45) is 0 Å². The molecule has 4 nitrogen and oxygen atoms in total. The predicted molar refractivity (Wildman–Crippen MR) is 103 cm³/mol. The molecule has 0 aromatic carbocycles. The third kappa shape index (κ3) is 4.30. The number of rotatable bonds is 7. The summed E-state index contributed by atoms with van der Waals surface area (Å²) in [6, 6.07) is 6.36. The first-order chi connectivity index (χ1) is 11.6. The molecule has 7 heteroatoms. The second-order valence-corrected chi connectivity index (χ2v) is 8.22. The van der Waals surface area contributed by atoms with Gasteiger partial charge < -0.3 is 10.2 Å². The molecule has 3 rings (SSSR count). The van der Waals surface area contributed by atoms with E-state index in [1.807, 2.05) is 30.9 Å². The summed E-state index contributed by atoms with van der Waals surface area (Å²) in [5.41, 5.74) is 2.07. The quantitative estimate of drug-likeness (QED) is 0.679. The zero-order chi connectivity index (χ0) is 16.9. The Morgan fingerprint density at radius 1 is 1.25 bits per heavy atom. The van der Waals surface area contributed by atoms with Crippen LogP contribution in [0.5, 0.6) is 0 Å². The first kappa shape index (κ1) is 17.3. The number of likely N-dealkylation sites (N-methyl/N-ethyl adjacent to an activating group) is 1. The van der Waals surface area contributed by atoms with Crippen molar-refractivity contribution >= 4 is 39.9 Å². The number of hydrogen-bond acceptors (Lipinski definition) is 6. The lowest BCUT2D eigenvalue weighted by Gasteiger charge is -2.23. The lowest BCUT2D eigenvalue weighted by Crippen LogP contribution is -2.35. The number of nitrogens with zero attached hydrogens (tertiary/aromatic N) is 2. The third-order valence-electron chi connectivity index (χ3n) is 3.67. The molecule has 0 aliphatic carbocycles. The van der Waals surface area contributed by atoms with Gasteiger partial charge in [0.25, 0.3) is 0 Å². The number of amides is 1. The molecule has 0 aliphatic heterocycles. The van der Waals surface area contributed by atoms with E-state index in [0.29, 0.717) is 13.0 Å². The number of carbonyl (C=O) groups excluding carboxylic acids is 1. The Kier molecular flexibility index (Phi) is 5.78. The average molecular weight is 378 g/mol. The highest BCUT2D eigenvalue weighted by molar-refractivity contribution is 7.20. The van der Waals surface area contributed by atoms with Crippen LogP contribution in [0, 0.1) is 0 Å². The van der Waals surface area contributed by atoms with E-state index in [2.05, 4.69) is 38.1 Å². The minimum absolute atomic E-state index is 0.0140. The second-order valence-electron chi connectivity index (χ2n) is 5.64. The molecule has 24 heavy (non-hydrogen) atoms. The van der Waals surface area contributed by atoms with Crippen molar-refractivity contribution in [1.29, 1.82) is 0 Å². The maximum atomic E-state index is 12.2. The van der Waals surface area contributed by atoms with Crippen LogP contribution in [-0.2, 0) is 11.2 Å². The highest BCUT2D eigenvalue weighted by Crippen LogP contribution is 2.28. The average Bonchev–Trinajstić information content (AvgIpc) is 3.29. The van der Waals surface area contributed by atoms with Crippen LogP contribution in [0.25, 0.3) is 9.88 Å². The number of nitrogens with one attached hydrogen (secondary N) is 1. The molecule has 3 aromatic rings. The monoisotopic (exact) mass is 377 g/mol. The van der Waals surface area contributed by atoms with Gasteiger partial charge in [-0.3, -0.25) is 4.79 Å². The summed E-state index contributed by atoms with van der Waals surface area (Å²) in [7, 11) is 4.06. The molecule has 0 radical (unpaired) electrons. The molecule has 0 bridgehead atoms. The Balaban J connectivity index is 1.56. The van der Waals surface area contributed by atoms with E-state index < -0.39 is 0 Å². The molecule has 3 heterocycles. The van der Waals surface area contributed by atoms with E-state index in [1.165, 1.54) is 5.56 Å². The van der Waals surface area contributed by atoms with Crippen LogP contribution in [0.1, 0.15) is 17.3 Å². The zero-order valence-corrected chi connectivity index (χ0v) is 16.0. The Morgan fingerprint density at radius 3 is 2.79 bits per heavy atom. The Bertz CT molecular complexity index is 763. The summed E-state index contributed by atoms with van der Waals surface area (Å²) >= 11 is 4.93. The molecule has 1 N–H and O–H groups in total. The van der Waals surface area contributed by atoms with Crippen LogP contribution in [0.2, 0.25) is 0 Å². The summed E-state index contributed by atoms with van der Waals surface area (Å²) in [4.78, 5) is 20.1. The smallest absolute Gasteiger partial charge is 0.226 e. The summed E-state index contributed by atoms with van der Waals surface area (Å²) in [5, 5.41) is 12.2. The Labute approximate surface area is 153 Å². The maximum absolute atomic E-state index is 12.2. The van der Waals surface area contributed by atoms with Gasteiger partial charge in [-0.15, -0.1) is 22.7 Å². The van der Waals surface area contributed by atoms with E-state index >= 15 is 0 Å². The van der Waals surface area contributed by atoms with Gasteiger partial charge in [0.1, 0.15) is 5.01 Å². The fraction of sp³-hybridized carbons (Fsp3) is 0.294. The zero-order valence-electron chi connectivity index (χ0n) is 13.6. The van der Waals surface area contributed by atoms with Crippen molar-refractivity contribution in [2.75, 3.05) is 20.6 Å². The van der Waals surface area contributed by atoms with Crippen molar-refractivity contribution in [3.8, 4) is 9.88 Å². The molecule has 126 valence electrons. The minimum atomic E-state index is 0.0140. The number of aromatic nitrogens is 1. The van der Waals surface area contributed by atoms with E-state index in [0.717, 1.165) is 15.6 Å². The lowest BCUT2D eigenvalue weighted by molar-refractivity contribution is -0.120. The first-order valence-corrected chi connectivity index (χ1v) is 10.3. The molecular weight excluding hydrogens is 358 g/mol. The standard InChI is InChI=1S/C17H19N3OS3/c1-20(2)14(12-5-7-22-10-12)9-18-16(21)8-13-11-24-17(19-13)15-4-3-6-23-15/h3-7,10-11,14H,8-9H2,1-2H3,(H,18,21)/t14-/m1/s1. The number of hydrogen-bond donors (Lipinski definition) is 1. The predicted octanol–water partition coefficient (Wildman–Crippen LogP) is 3.89. The van der Waals surface area contributed by atoms with E-state index in [4.69, 9.17) is 0 Å². The van der Waals surface area contributed by atoms with Crippen LogP contribution in [0.15, 0.2) is 39.7 Å². The van der Waals surface area contributed by atoms with Gasteiger partial charge in [0, 0.05) is 11.9 Å². The summed E-state index contributed by atoms with van der Waals surface area (Å²) in [6.07, 6.45) is 0.325. The molecule has 1 atom stereocenters. The molecule has 0 aliphatic rings. The van der Waals surface area contributed by atoms with Crippen molar-refractivity contribution < 1.29 is 4.79 Å². The van der Waals surface area contributed by atoms with Gasteiger partial charge in [0.2, 0.25) is 5.91 Å². The molecular formula is C17H19N3OS3. The van der Waals surface area contributed by atoms with Crippen LogP contribution in [-0.4, -0.2) is 36.4 Å². The Morgan fingerprint density at radius 2 is 2.12 bits per heavy atom.